The third-order valence-electron chi connectivity index (χ3n) is 3.38. The van der Waals surface area contributed by atoms with E-state index >= 15 is 0 Å². The summed E-state index contributed by atoms with van der Waals surface area (Å²) < 4.78 is 0. The summed E-state index contributed by atoms with van der Waals surface area (Å²) in [5.74, 6) is 5.72. The van der Waals surface area contributed by atoms with E-state index in [9.17, 15) is 0 Å². The Bertz CT molecular complexity index is 566. The number of rotatable bonds is 4. The van der Waals surface area contributed by atoms with Crippen LogP contribution in [0.3, 0.4) is 0 Å². The zero-order valence-electron chi connectivity index (χ0n) is 11.3. The summed E-state index contributed by atoms with van der Waals surface area (Å²) in [5, 5.41) is 0.785. The van der Waals surface area contributed by atoms with Gasteiger partial charge in [0.25, 0.3) is 0 Å². The van der Waals surface area contributed by atoms with Crippen molar-refractivity contribution in [2.75, 3.05) is 0 Å². The Labute approximate surface area is 119 Å². The van der Waals surface area contributed by atoms with Gasteiger partial charge in [0.2, 0.25) is 0 Å². The van der Waals surface area contributed by atoms with Crippen molar-refractivity contribution in [3.05, 3.63) is 69.7 Å². The highest BCUT2D eigenvalue weighted by molar-refractivity contribution is 6.31. The molecule has 2 aromatic carbocycles. The second-order valence-electron chi connectivity index (χ2n) is 4.87. The highest BCUT2D eigenvalue weighted by atomic mass is 35.5. The summed E-state index contributed by atoms with van der Waals surface area (Å²) in [5.41, 5.74) is 7.72. The Kier molecular flexibility index (Phi) is 4.59. The van der Waals surface area contributed by atoms with Gasteiger partial charge in [-0.1, -0.05) is 53.6 Å². The largest absolute Gasteiger partial charge is 0.271 e. The van der Waals surface area contributed by atoms with Crippen molar-refractivity contribution in [2.24, 2.45) is 5.84 Å². The maximum atomic E-state index is 6.21. The molecular formula is C16H19ClN2. The molecule has 1 unspecified atom stereocenters. The molecule has 0 radical (unpaired) electrons. The van der Waals surface area contributed by atoms with Crippen LogP contribution in [0, 0.1) is 13.8 Å². The third kappa shape index (κ3) is 3.35. The van der Waals surface area contributed by atoms with Crippen molar-refractivity contribution in [1.82, 2.24) is 5.43 Å². The van der Waals surface area contributed by atoms with Gasteiger partial charge in [-0.25, -0.2) is 0 Å². The van der Waals surface area contributed by atoms with Crippen molar-refractivity contribution >= 4 is 11.6 Å². The first-order valence-corrected chi connectivity index (χ1v) is 6.76. The third-order valence-corrected chi connectivity index (χ3v) is 3.75. The molecule has 2 nitrogen and oxygen atoms in total. The number of benzene rings is 2. The number of hydrogen-bond acceptors (Lipinski definition) is 2. The van der Waals surface area contributed by atoms with Crippen LogP contribution in [-0.2, 0) is 6.42 Å². The van der Waals surface area contributed by atoms with E-state index in [2.05, 4.69) is 37.5 Å². The van der Waals surface area contributed by atoms with E-state index in [1.807, 2.05) is 24.3 Å². The van der Waals surface area contributed by atoms with Crippen LogP contribution in [-0.4, -0.2) is 0 Å². The molecule has 1 atom stereocenters. The SMILES string of the molecule is Cc1ccc(C(Cc2ccccc2Cl)NN)c(C)c1. The predicted molar refractivity (Wildman–Crippen MR) is 81.1 cm³/mol. The quantitative estimate of drug-likeness (QED) is 0.659. The molecule has 0 aliphatic heterocycles. The van der Waals surface area contributed by atoms with Gasteiger partial charge >= 0.3 is 0 Å². The molecule has 0 aromatic heterocycles. The molecule has 0 spiro atoms. The molecule has 0 aliphatic carbocycles. The van der Waals surface area contributed by atoms with E-state index < -0.39 is 0 Å². The first-order chi connectivity index (χ1) is 9.11. The summed E-state index contributed by atoms with van der Waals surface area (Å²) in [4.78, 5) is 0. The van der Waals surface area contributed by atoms with Crippen molar-refractivity contribution in [1.29, 1.82) is 0 Å². The number of hydrogen-bond donors (Lipinski definition) is 2. The van der Waals surface area contributed by atoms with E-state index in [0.29, 0.717) is 0 Å². The Morgan fingerprint density at radius 3 is 2.53 bits per heavy atom. The maximum Gasteiger partial charge on any atom is 0.0503 e. The lowest BCUT2D eigenvalue weighted by atomic mass is 9.94. The lowest BCUT2D eigenvalue weighted by molar-refractivity contribution is 0.549. The van der Waals surface area contributed by atoms with Crippen LogP contribution in [0.15, 0.2) is 42.5 Å². The molecule has 2 rings (SSSR count). The van der Waals surface area contributed by atoms with Gasteiger partial charge in [-0.15, -0.1) is 0 Å². The van der Waals surface area contributed by atoms with Gasteiger partial charge in [0.15, 0.2) is 0 Å². The van der Waals surface area contributed by atoms with Gasteiger partial charge < -0.3 is 0 Å². The average Bonchev–Trinajstić information content (AvgIpc) is 2.39. The van der Waals surface area contributed by atoms with Crippen molar-refractivity contribution < 1.29 is 0 Å². The van der Waals surface area contributed by atoms with E-state index in [1.165, 1.54) is 16.7 Å². The molecule has 19 heavy (non-hydrogen) atoms. The van der Waals surface area contributed by atoms with Crippen molar-refractivity contribution in [3.63, 3.8) is 0 Å². The van der Waals surface area contributed by atoms with E-state index in [1.54, 1.807) is 0 Å². The minimum Gasteiger partial charge on any atom is -0.271 e. The Balaban J connectivity index is 2.28. The molecule has 3 N–H and O–H groups in total. The molecule has 0 saturated heterocycles. The highest BCUT2D eigenvalue weighted by Crippen LogP contribution is 2.25. The number of aryl methyl sites for hydroxylation is 2. The normalized spacial score (nSPS) is 12.4. The summed E-state index contributed by atoms with van der Waals surface area (Å²) in [6, 6.07) is 14.4. The van der Waals surface area contributed by atoms with E-state index in [0.717, 1.165) is 17.0 Å². The molecular weight excluding hydrogens is 256 g/mol. The van der Waals surface area contributed by atoms with Crippen molar-refractivity contribution in [3.8, 4) is 0 Å². The van der Waals surface area contributed by atoms with Crippen LogP contribution in [0.4, 0.5) is 0 Å². The fraction of sp³-hybridized carbons (Fsp3) is 0.250. The Morgan fingerprint density at radius 1 is 1.16 bits per heavy atom. The lowest BCUT2D eigenvalue weighted by Crippen LogP contribution is -2.30. The van der Waals surface area contributed by atoms with Gasteiger partial charge in [0.1, 0.15) is 0 Å². The molecule has 3 heteroatoms. The monoisotopic (exact) mass is 274 g/mol. The van der Waals surface area contributed by atoms with Crippen molar-refractivity contribution in [2.45, 2.75) is 26.3 Å². The molecule has 100 valence electrons. The zero-order chi connectivity index (χ0) is 13.8. The van der Waals surface area contributed by atoms with Crippen LogP contribution in [0.2, 0.25) is 5.02 Å². The molecule has 2 aromatic rings. The average molecular weight is 275 g/mol. The molecule has 0 fully saturated rings. The predicted octanol–water partition coefficient (Wildman–Crippen LogP) is 3.70. The Morgan fingerprint density at radius 2 is 1.89 bits per heavy atom. The van der Waals surface area contributed by atoms with Crippen LogP contribution in [0.25, 0.3) is 0 Å². The molecule has 0 bridgehead atoms. The fourth-order valence-electron chi connectivity index (χ4n) is 2.36. The first-order valence-electron chi connectivity index (χ1n) is 6.38. The summed E-state index contributed by atoms with van der Waals surface area (Å²) in [7, 11) is 0. The topological polar surface area (TPSA) is 38.0 Å². The summed E-state index contributed by atoms with van der Waals surface area (Å²) >= 11 is 6.21. The zero-order valence-corrected chi connectivity index (χ0v) is 12.0. The minimum absolute atomic E-state index is 0.0699. The van der Waals surface area contributed by atoms with Gasteiger partial charge in [0.05, 0.1) is 6.04 Å². The van der Waals surface area contributed by atoms with Crippen LogP contribution in [0.1, 0.15) is 28.3 Å². The first kappa shape index (κ1) is 14.1. The van der Waals surface area contributed by atoms with E-state index in [4.69, 9.17) is 17.4 Å². The summed E-state index contributed by atoms with van der Waals surface area (Å²) in [6.45, 7) is 4.20. The van der Waals surface area contributed by atoms with Gasteiger partial charge in [0, 0.05) is 5.02 Å². The summed E-state index contributed by atoms with van der Waals surface area (Å²) in [6.07, 6.45) is 0.778. The maximum absolute atomic E-state index is 6.21. The number of nitrogens with one attached hydrogen (secondary N) is 1. The second kappa shape index (κ2) is 6.20. The van der Waals surface area contributed by atoms with E-state index in [-0.39, 0.29) is 6.04 Å². The molecule has 0 heterocycles. The van der Waals surface area contributed by atoms with Crippen LogP contribution >= 0.6 is 11.6 Å². The van der Waals surface area contributed by atoms with Crippen LogP contribution < -0.4 is 11.3 Å². The van der Waals surface area contributed by atoms with Crippen LogP contribution in [0.5, 0.6) is 0 Å². The van der Waals surface area contributed by atoms with Gasteiger partial charge in [-0.3, -0.25) is 11.3 Å². The number of nitrogens with two attached hydrogens (primary N) is 1. The number of halogens is 1. The number of hydrazine groups is 1. The molecule has 0 amide bonds. The lowest BCUT2D eigenvalue weighted by Gasteiger charge is -2.19. The smallest absolute Gasteiger partial charge is 0.0503 e. The molecule has 0 aliphatic rings. The Hall–Kier alpha value is -1.35. The highest BCUT2D eigenvalue weighted by Gasteiger charge is 2.14. The van der Waals surface area contributed by atoms with Gasteiger partial charge in [-0.05, 0) is 43.0 Å². The second-order valence-corrected chi connectivity index (χ2v) is 5.28. The molecule has 0 saturated carbocycles. The standard InChI is InChI=1S/C16H19ClN2/c1-11-7-8-14(12(2)9-11)16(19-18)10-13-5-3-4-6-15(13)17/h3-9,16,19H,10,18H2,1-2H3. The fourth-order valence-corrected chi connectivity index (χ4v) is 2.57. The minimum atomic E-state index is 0.0699. The van der Waals surface area contributed by atoms with Gasteiger partial charge in [-0.2, -0.15) is 0 Å².